The molecule has 6 nitrogen and oxygen atoms in total. The summed E-state index contributed by atoms with van der Waals surface area (Å²) in [6, 6.07) is 20.3. The van der Waals surface area contributed by atoms with Crippen LogP contribution in [0.25, 0.3) is 22.4 Å². The Morgan fingerprint density at radius 1 is 1.13 bits per heavy atom. The van der Waals surface area contributed by atoms with Gasteiger partial charge in [0.25, 0.3) is 5.91 Å². The molecule has 0 atom stereocenters. The van der Waals surface area contributed by atoms with Crippen LogP contribution in [0, 0.1) is 0 Å². The third-order valence-electron chi connectivity index (χ3n) is 4.47. The van der Waals surface area contributed by atoms with Crippen molar-refractivity contribution in [1.29, 1.82) is 0 Å². The lowest BCUT2D eigenvalue weighted by atomic mass is 10.1. The number of benzene rings is 2. The Labute approximate surface area is 174 Å². The molecular weight excluding hydrogens is 378 g/mol. The van der Waals surface area contributed by atoms with Crippen LogP contribution in [0.5, 0.6) is 5.75 Å². The summed E-state index contributed by atoms with van der Waals surface area (Å²) in [5.41, 5.74) is 5.24. The van der Waals surface area contributed by atoms with E-state index in [2.05, 4.69) is 22.4 Å². The second-order valence-corrected chi connectivity index (χ2v) is 6.67. The first-order chi connectivity index (χ1) is 14.7. The van der Waals surface area contributed by atoms with Gasteiger partial charge in [0.2, 0.25) is 0 Å². The fraction of sp³-hybridized carbons (Fsp3) is 0.125. The van der Waals surface area contributed by atoms with Gasteiger partial charge in [-0.15, -0.1) is 0 Å². The van der Waals surface area contributed by atoms with Gasteiger partial charge in [-0.2, -0.15) is 5.10 Å². The zero-order chi connectivity index (χ0) is 20.8. The molecule has 150 valence electrons. The van der Waals surface area contributed by atoms with Crippen LogP contribution in [0.3, 0.4) is 0 Å². The topological polar surface area (TPSA) is 76.7 Å². The van der Waals surface area contributed by atoms with Crippen molar-refractivity contribution >= 4 is 23.0 Å². The van der Waals surface area contributed by atoms with Crippen molar-refractivity contribution in [2.75, 3.05) is 6.61 Å². The number of pyridine rings is 1. The third-order valence-corrected chi connectivity index (χ3v) is 4.47. The Bertz CT molecular complexity index is 1170. The van der Waals surface area contributed by atoms with Crippen LogP contribution >= 0.6 is 0 Å². The van der Waals surface area contributed by atoms with E-state index in [1.54, 1.807) is 24.6 Å². The summed E-state index contributed by atoms with van der Waals surface area (Å²) in [6.45, 7) is 2.75. The number of carbonyl (C=O) groups is 1. The fourth-order valence-electron chi connectivity index (χ4n) is 3.01. The molecule has 4 rings (SSSR count). The first kappa shape index (κ1) is 19.4. The molecule has 30 heavy (non-hydrogen) atoms. The second-order valence-electron chi connectivity index (χ2n) is 6.67. The largest absolute Gasteiger partial charge is 0.494 e. The number of nitrogens with zero attached hydrogens (tertiary/aromatic N) is 2. The number of para-hydroxylation sites is 1. The Kier molecular flexibility index (Phi) is 5.85. The van der Waals surface area contributed by atoms with Crippen LogP contribution in [0.1, 0.15) is 29.3 Å². The van der Waals surface area contributed by atoms with E-state index in [9.17, 15) is 4.79 Å². The molecule has 6 heteroatoms. The highest BCUT2D eigenvalue weighted by Crippen LogP contribution is 2.25. The first-order valence-electron chi connectivity index (χ1n) is 9.74. The third kappa shape index (κ3) is 4.38. The molecule has 0 spiro atoms. The summed E-state index contributed by atoms with van der Waals surface area (Å²) < 4.78 is 11.0. The average Bonchev–Trinajstić information content (AvgIpc) is 3.33. The van der Waals surface area contributed by atoms with E-state index in [1.807, 2.05) is 54.6 Å². The van der Waals surface area contributed by atoms with Gasteiger partial charge in [0.05, 0.1) is 30.2 Å². The Hall–Kier alpha value is -3.93. The number of hydrazone groups is 1. The van der Waals surface area contributed by atoms with Crippen LogP contribution < -0.4 is 10.2 Å². The van der Waals surface area contributed by atoms with Crippen molar-refractivity contribution in [3.8, 4) is 17.2 Å². The van der Waals surface area contributed by atoms with Crippen LogP contribution in [0.15, 0.2) is 82.5 Å². The van der Waals surface area contributed by atoms with E-state index in [4.69, 9.17) is 9.15 Å². The summed E-state index contributed by atoms with van der Waals surface area (Å²) >= 11 is 0. The number of carbonyl (C=O) groups excluding carboxylic acids is 1. The van der Waals surface area contributed by atoms with Crippen molar-refractivity contribution in [3.05, 3.63) is 84.1 Å². The molecule has 2 aromatic carbocycles. The summed E-state index contributed by atoms with van der Waals surface area (Å²) in [4.78, 5) is 17.4. The maximum Gasteiger partial charge on any atom is 0.272 e. The van der Waals surface area contributed by atoms with E-state index >= 15 is 0 Å². The van der Waals surface area contributed by atoms with Gasteiger partial charge in [-0.3, -0.25) is 4.79 Å². The van der Waals surface area contributed by atoms with Gasteiger partial charge in [0.1, 0.15) is 11.4 Å². The van der Waals surface area contributed by atoms with Gasteiger partial charge >= 0.3 is 0 Å². The van der Waals surface area contributed by atoms with E-state index in [0.717, 1.165) is 23.1 Å². The Balaban J connectivity index is 1.53. The molecule has 0 bridgehead atoms. The molecule has 1 N–H and O–H groups in total. The van der Waals surface area contributed by atoms with Gasteiger partial charge < -0.3 is 9.15 Å². The van der Waals surface area contributed by atoms with Crippen molar-refractivity contribution in [1.82, 2.24) is 10.4 Å². The number of hydrogen-bond acceptors (Lipinski definition) is 5. The lowest BCUT2D eigenvalue weighted by molar-refractivity contribution is 0.0956. The molecule has 1 amide bonds. The van der Waals surface area contributed by atoms with Crippen molar-refractivity contribution in [3.63, 3.8) is 0 Å². The number of fused-ring (bicyclic) bond motifs is 1. The highest BCUT2D eigenvalue weighted by Gasteiger charge is 2.14. The Morgan fingerprint density at radius 3 is 2.73 bits per heavy atom. The van der Waals surface area contributed by atoms with Gasteiger partial charge in [-0.05, 0) is 60.5 Å². The number of hydrogen-bond donors (Lipinski definition) is 1. The molecule has 0 aliphatic rings. The maximum atomic E-state index is 12.8. The minimum atomic E-state index is -0.319. The number of nitrogens with one attached hydrogen (secondary N) is 1. The molecule has 0 aliphatic heterocycles. The first-order valence-corrected chi connectivity index (χ1v) is 9.74. The van der Waals surface area contributed by atoms with E-state index in [-0.39, 0.29) is 5.91 Å². The molecule has 2 aromatic heterocycles. The SMILES string of the molecule is CCCOc1ccc(/C=N\NC(=O)c2cc(-c3ccco3)nc3ccccc23)cc1. The lowest BCUT2D eigenvalue weighted by Crippen LogP contribution is -2.18. The summed E-state index contributed by atoms with van der Waals surface area (Å²) in [5.74, 6) is 1.09. The molecule has 0 saturated heterocycles. The highest BCUT2D eigenvalue weighted by molar-refractivity contribution is 6.07. The standard InChI is InChI=1S/C24H21N3O3/c1-2-13-29-18-11-9-17(10-12-18)16-25-27-24(28)20-15-22(23-8-5-14-30-23)26-21-7-4-3-6-19(20)21/h3-12,14-16H,2,13H2,1H3,(H,27,28)/b25-16-. The highest BCUT2D eigenvalue weighted by atomic mass is 16.5. The van der Waals surface area contributed by atoms with Gasteiger partial charge in [-0.1, -0.05) is 25.1 Å². The van der Waals surface area contributed by atoms with Gasteiger partial charge in [0.15, 0.2) is 5.76 Å². The second kappa shape index (κ2) is 9.05. The number of amides is 1. The maximum absolute atomic E-state index is 12.8. The predicted molar refractivity (Wildman–Crippen MR) is 117 cm³/mol. The van der Waals surface area contributed by atoms with Crippen molar-refractivity contribution in [2.45, 2.75) is 13.3 Å². The molecule has 0 saturated carbocycles. The molecule has 0 unspecified atom stereocenters. The molecular formula is C24H21N3O3. The number of rotatable bonds is 7. The summed E-state index contributed by atoms with van der Waals surface area (Å²) in [5, 5.41) is 4.85. The van der Waals surface area contributed by atoms with E-state index < -0.39 is 0 Å². The van der Waals surface area contributed by atoms with Gasteiger partial charge in [0, 0.05) is 5.39 Å². The van der Waals surface area contributed by atoms with Crippen LogP contribution in [-0.2, 0) is 0 Å². The number of ether oxygens (including phenoxy) is 1. The molecule has 4 aromatic rings. The smallest absolute Gasteiger partial charge is 0.272 e. The Morgan fingerprint density at radius 2 is 1.97 bits per heavy atom. The van der Waals surface area contributed by atoms with Crippen LogP contribution in [0.2, 0.25) is 0 Å². The zero-order valence-corrected chi connectivity index (χ0v) is 16.5. The monoisotopic (exact) mass is 399 g/mol. The normalized spacial score (nSPS) is 11.1. The quantitative estimate of drug-likeness (QED) is 0.349. The summed E-state index contributed by atoms with van der Waals surface area (Å²) in [7, 11) is 0. The predicted octanol–water partition coefficient (Wildman–Crippen LogP) is 5.05. The van der Waals surface area contributed by atoms with E-state index in [0.29, 0.717) is 29.1 Å². The fourth-order valence-corrected chi connectivity index (χ4v) is 3.01. The zero-order valence-electron chi connectivity index (χ0n) is 16.5. The molecule has 2 heterocycles. The summed E-state index contributed by atoms with van der Waals surface area (Å²) in [6.07, 6.45) is 4.13. The molecule has 0 radical (unpaired) electrons. The van der Waals surface area contributed by atoms with Gasteiger partial charge in [-0.25, -0.2) is 10.4 Å². The van der Waals surface area contributed by atoms with Crippen LogP contribution in [-0.4, -0.2) is 23.7 Å². The number of aromatic nitrogens is 1. The molecule has 0 fully saturated rings. The van der Waals surface area contributed by atoms with E-state index in [1.165, 1.54) is 0 Å². The molecule has 0 aliphatic carbocycles. The van der Waals surface area contributed by atoms with Crippen molar-refractivity contribution < 1.29 is 13.9 Å². The lowest BCUT2D eigenvalue weighted by Gasteiger charge is -2.07. The average molecular weight is 399 g/mol. The van der Waals surface area contributed by atoms with Crippen LogP contribution in [0.4, 0.5) is 0 Å². The number of furan rings is 1. The minimum Gasteiger partial charge on any atom is -0.494 e. The minimum absolute atomic E-state index is 0.319. The van der Waals surface area contributed by atoms with Crippen molar-refractivity contribution in [2.24, 2.45) is 5.10 Å².